The van der Waals surface area contributed by atoms with Crippen LogP contribution in [-0.4, -0.2) is 43.3 Å². The number of amides is 2. The molecule has 0 radical (unpaired) electrons. The van der Waals surface area contributed by atoms with Gasteiger partial charge in [-0.15, -0.1) is 11.8 Å². The zero-order valence-corrected chi connectivity index (χ0v) is 20.7. The number of nitrogens with one attached hydrogen (secondary N) is 3. The molecule has 2 aromatic rings. The van der Waals surface area contributed by atoms with Gasteiger partial charge in [-0.3, -0.25) is 14.9 Å². The lowest BCUT2D eigenvalue weighted by atomic mass is 10.1. The highest BCUT2D eigenvalue weighted by atomic mass is 35.5. The molecule has 7 nitrogen and oxygen atoms in total. The number of carbonyl (C=O) groups excluding carboxylic acids is 2. The van der Waals surface area contributed by atoms with E-state index in [1.165, 1.54) is 11.8 Å². The molecule has 3 rings (SSSR count). The number of rotatable bonds is 10. The fourth-order valence-electron chi connectivity index (χ4n) is 3.34. The summed E-state index contributed by atoms with van der Waals surface area (Å²) >= 11 is 7.04. The van der Waals surface area contributed by atoms with Gasteiger partial charge >= 0.3 is 0 Å². The fraction of sp³-hybridized carbons (Fsp3) is 0.391. The van der Waals surface area contributed by atoms with E-state index in [-0.39, 0.29) is 23.1 Å². The number of sulfone groups is 1. The Kier molecular flexibility index (Phi) is 9.19. The Labute approximate surface area is 204 Å². The van der Waals surface area contributed by atoms with Gasteiger partial charge in [0.15, 0.2) is 15.1 Å². The van der Waals surface area contributed by atoms with Crippen LogP contribution in [0.4, 0.5) is 0 Å². The highest BCUT2D eigenvalue weighted by Crippen LogP contribution is 2.21. The van der Waals surface area contributed by atoms with Crippen LogP contribution in [0, 0.1) is 0 Å². The van der Waals surface area contributed by atoms with Crippen LogP contribution in [0.15, 0.2) is 53.4 Å². The number of benzene rings is 2. The minimum Gasteiger partial charge on any atom is -0.351 e. The molecule has 0 spiro atoms. The Balaban J connectivity index is 1.48. The molecule has 0 bridgehead atoms. The van der Waals surface area contributed by atoms with Gasteiger partial charge in [-0.25, -0.2) is 8.42 Å². The molecular formula is C23H28ClN3O4S2. The van der Waals surface area contributed by atoms with Crippen LogP contribution in [-0.2, 0) is 32.4 Å². The maximum absolute atomic E-state index is 13.0. The molecule has 3 N–H and O–H groups in total. The van der Waals surface area contributed by atoms with Gasteiger partial charge in [0.1, 0.15) is 5.50 Å². The monoisotopic (exact) mass is 509 g/mol. The van der Waals surface area contributed by atoms with Gasteiger partial charge in [0.2, 0.25) is 11.8 Å². The lowest BCUT2D eigenvalue weighted by Gasteiger charge is -2.29. The molecule has 2 aromatic carbocycles. The third-order valence-corrected chi connectivity index (χ3v) is 8.64. The summed E-state index contributed by atoms with van der Waals surface area (Å²) in [5.41, 5.74) is 1.46. The fourth-order valence-corrected chi connectivity index (χ4v) is 5.80. The number of halogens is 1. The topological polar surface area (TPSA) is 104 Å². The van der Waals surface area contributed by atoms with Crippen molar-refractivity contribution in [2.24, 2.45) is 0 Å². The number of hydrogen-bond acceptors (Lipinski definition) is 6. The number of aryl methyl sites for hydroxylation is 1. The van der Waals surface area contributed by atoms with E-state index < -0.39 is 26.5 Å². The molecule has 0 saturated carbocycles. The van der Waals surface area contributed by atoms with Crippen LogP contribution in [0.3, 0.4) is 0 Å². The average molecular weight is 510 g/mol. The van der Waals surface area contributed by atoms with Crippen molar-refractivity contribution in [2.75, 3.05) is 12.3 Å². The Morgan fingerprint density at radius 1 is 1.12 bits per heavy atom. The Hall–Kier alpha value is -2.07. The SMILES string of the molecule is CCCCc1ccc(S(=O)(=O)C2CNC(SCC(=O)NCc3ccc(Cl)cc3)NC2=O)cc1. The Morgan fingerprint density at radius 3 is 2.42 bits per heavy atom. The minimum atomic E-state index is -3.82. The molecule has 178 valence electrons. The zero-order chi connectivity index (χ0) is 23.8. The van der Waals surface area contributed by atoms with Crippen LogP contribution in [0.2, 0.25) is 5.02 Å². The standard InChI is InChI=1S/C23H28ClN3O4S2/c1-2-3-4-16-7-11-19(12-8-16)33(30,31)20-14-26-23(27-22(20)29)32-15-21(28)25-13-17-5-9-18(24)10-6-17/h5-12,20,23,26H,2-4,13-15H2,1H3,(H,25,28)(H,27,29). The van der Waals surface area contributed by atoms with Gasteiger partial charge in [-0.1, -0.05) is 49.2 Å². The molecule has 1 heterocycles. The van der Waals surface area contributed by atoms with E-state index in [1.807, 2.05) is 12.1 Å². The van der Waals surface area contributed by atoms with E-state index in [9.17, 15) is 18.0 Å². The number of unbranched alkanes of at least 4 members (excludes halogenated alkanes) is 1. The van der Waals surface area contributed by atoms with Crippen molar-refractivity contribution < 1.29 is 18.0 Å². The highest BCUT2D eigenvalue weighted by molar-refractivity contribution is 8.00. The second-order valence-corrected chi connectivity index (χ2v) is 11.5. The molecular weight excluding hydrogens is 482 g/mol. The van der Waals surface area contributed by atoms with Gasteiger partial charge < -0.3 is 10.6 Å². The number of hydrogen-bond donors (Lipinski definition) is 3. The summed E-state index contributed by atoms with van der Waals surface area (Å²) < 4.78 is 25.9. The van der Waals surface area contributed by atoms with Crippen LogP contribution < -0.4 is 16.0 Å². The molecule has 1 fully saturated rings. The van der Waals surface area contributed by atoms with Crippen LogP contribution in [0.25, 0.3) is 0 Å². The van der Waals surface area contributed by atoms with E-state index in [2.05, 4.69) is 22.9 Å². The summed E-state index contributed by atoms with van der Waals surface area (Å²) in [6.07, 6.45) is 3.00. The largest absolute Gasteiger partial charge is 0.351 e. The third kappa shape index (κ3) is 7.20. The van der Waals surface area contributed by atoms with E-state index in [4.69, 9.17) is 11.6 Å². The lowest BCUT2D eigenvalue weighted by Crippen LogP contribution is -2.59. The van der Waals surface area contributed by atoms with E-state index in [0.717, 1.165) is 30.4 Å². The average Bonchev–Trinajstić information content (AvgIpc) is 2.81. The summed E-state index contributed by atoms with van der Waals surface area (Å²) in [7, 11) is -3.82. The molecule has 1 saturated heterocycles. The van der Waals surface area contributed by atoms with E-state index in [0.29, 0.717) is 11.6 Å². The summed E-state index contributed by atoms with van der Waals surface area (Å²) in [6, 6.07) is 13.9. The highest BCUT2D eigenvalue weighted by Gasteiger charge is 2.38. The maximum Gasteiger partial charge on any atom is 0.241 e. The first-order valence-electron chi connectivity index (χ1n) is 10.8. The van der Waals surface area contributed by atoms with Crippen LogP contribution in [0.5, 0.6) is 0 Å². The molecule has 2 unspecified atom stereocenters. The van der Waals surface area contributed by atoms with Crippen molar-refractivity contribution in [3.63, 3.8) is 0 Å². The lowest BCUT2D eigenvalue weighted by molar-refractivity contribution is -0.122. The maximum atomic E-state index is 13.0. The van der Waals surface area contributed by atoms with Gasteiger partial charge in [-0.2, -0.15) is 0 Å². The first-order valence-corrected chi connectivity index (χ1v) is 13.8. The second-order valence-electron chi connectivity index (χ2n) is 7.79. The summed E-state index contributed by atoms with van der Waals surface area (Å²) in [5, 5.41) is 7.88. The Bertz CT molecular complexity index is 1060. The summed E-state index contributed by atoms with van der Waals surface area (Å²) in [5.74, 6) is -0.644. The first kappa shape index (κ1) is 25.6. The van der Waals surface area contributed by atoms with Crippen LogP contribution in [0.1, 0.15) is 30.9 Å². The molecule has 0 aromatic heterocycles. The van der Waals surface area contributed by atoms with Gasteiger partial charge in [-0.05, 0) is 48.2 Å². The van der Waals surface area contributed by atoms with E-state index in [1.54, 1.807) is 36.4 Å². The molecule has 2 amide bonds. The molecule has 1 aliphatic rings. The van der Waals surface area contributed by atoms with Crippen molar-refractivity contribution in [3.05, 3.63) is 64.7 Å². The van der Waals surface area contributed by atoms with Crippen molar-refractivity contribution >= 4 is 45.0 Å². The van der Waals surface area contributed by atoms with Gasteiger partial charge in [0, 0.05) is 18.1 Å². The van der Waals surface area contributed by atoms with Crippen molar-refractivity contribution in [1.82, 2.24) is 16.0 Å². The predicted octanol–water partition coefficient (Wildman–Crippen LogP) is 2.88. The van der Waals surface area contributed by atoms with Crippen molar-refractivity contribution in [1.29, 1.82) is 0 Å². The third-order valence-electron chi connectivity index (χ3n) is 5.28. The smallest absolute Gasteiger partial charge is 0.241 e. The Morgan fingerprint density at radius 2 is 1.79 bits per heavy atom. The number of carbonyl (C=O) groups is 2. The van der Waals surface area contributed by atoms with Crippen molar-refractivity contribution in [3.8, 4) is 0 Å². The number of thioether (sulfide) groups is 1. The second kappa shape index (κ2) is 11.9. The first-order chi connectivity index (χ1) is 15.8. The molecule has 10 heteroatoms. The molecule has 2 atom stereocenters. The zero-order valence-electron chi connectivity index (χ0n) is 18.3. The van der Waals surface area contributed by atoms with Gasteiger partial charge in [0.05, 0.1) is 10.6 Å². The summed E-state index contributed by atoms with van der Waals surface area (Å²) in [6.45, 7) is 2.46. The normalized spacial score (nSPS) is 18.5. The van der Waals surface area contributed by atoms with E-state index >= 15 is 0 Å². The van der Waals surface area contributed by atoms with Crippen molar-refractivity contribution in [2.45, 2.75) is 48.4 Å². The summed E-state index contributed by atoms with van der Waals surface area (Å²) in [4.78, 5) is 24.8. The molecule has 0 aliphatic carbocycles. The quantitative estimate of drug-likeness (QED) is 0.455. The molecule has 1 aliphatic heterocycles. The van der Waals surface area contributed by atoms with Crippen LogP contribution >= 0.6 is 23.4 Å². The predicted molar refractivity (Wildman–Crippen MR) is 132 cm³/mol. The van der Waals surface area contributed by atoms with Gasteiger partial charge in [0.25, 0.3) is 0 Å². The minimum absolute atomic E-state index is 0.0180. The molecule has 33 heavy (non-hydrogen) atoms.